The van der Waals surface area contributed by atoms with Gasteiger partial charge in [-0.05, 0) is 18.6 Å². The van der Waals surface area contributed by atoms with Crippen molar-refractivity contribution in [3.8, 4) is 0 Å². The van der Waals surface area contributed by atoms with E-state index in [0.717, 1.165) is 22.3 Å². The number of amides is 1. The summed E-state index contributed by atoms with van der Waals surface area (Å²) in [5.41, 5.74) is 2.48. The Labute approximate surface area is 122 Å². The van der Waals surface area contributed by atoms with Gasteiger partial charge >= 0.3 is 0 Å². The molecule has 0 unspecified atom stereocenters. The van der Waals surface area contributed by atoms with Gasteiger partial charge in [0.1, 0.15) is 0 Å². The van der Waals surface area contributed by atoms with Crippen LogP contribution < -0.4 is 5.32 Å². The van der Waals surface area contributed by atoms with E-state index in [9.17, 15) is 4.79 Å². The molecule has 0 saturated heterocycles. The first-order valence-electron chi connectivity index (χ1n) is 6.79. The summed E-state index contributed by atoms with van der Waals surface area (Å²) in [6, 6.07) is 11.5. The molecule has 0 bridgehead atoms. The molecule has 5 heteroatoms. The summed E-state index contributed by atoms with van der Waals surface area (Å²) in [7, 11) is 1.83. The Morgan fingerprint density at radius 3 is 2.76 bits per heavy atom. The highest BCUT2D eigenvalue weighted by atomic mass is 16.1. The molecule has 1 aromatic carbocycles. The molecule has 3 rings (SSSR count). The van der Waals surface area contributed by atoms with Crippen LogP contribution in [0.4, 0.5) is 5.69 Å². The highest BCUT2D eigenvalue weighted by molar-refractivity contribution is 6.02. The van der Waals surface area contributed by atoms with Crippen LogP contribution in [0.3, 0.4) is 0 Å². The fraction of sp³-hybridized carbons (Fsp3) is 0.188. The molecule has 0 radical (unpaired) electrons. The van der Waals surface area contributed by atoms with Crippen LogP contribution in [0.25, 0.3) is 11.0 Å². The predicted molar refractivity (Wildman–Crippen MR) is 82.0 cm³/mol. The first-order chi connectivity index (χ1) is 10.2. The molecule has 2 heterocycles. The summed E-state index contributed by atoms with van der Waals surface area (Å²) < 4.78 is 1.69. The van der Waals surface area contributed by atoms with Crippen molar-refractivity contribution in [2.45, 2.75) is 12.8 Å². The summed E-state index contributed by atoms with van der Waals surface area (Å²) in [5.74, 6) is -0.261. The number of hydrogen-bond donors (Lipinski definition) is 1. The first-order valence-corrected chi connectivity index (χ1v) is 6.79. The molecule has 1 N–H and O–H groups in total. The maximum Gasteiger partial charge on any atom is 0.231 e. The second-order valence-corrected chi connectivity index (χ2v) is 4.99. The van der Waals surface area contributed by atoms with Gasteiger partial charge < -0.3 is 5.32 Å². The van der Waals surface area contributed by atoms with Crippen molar-refractivity contribution in [2.75, 3.05) is 5.32 Å². The van der Waals surface area contributed by atoms with Crippen LogP contribution in [0.1, 0.15) is 18.4 Å². The fourth-order valence-corrected chi connectivity index (χ4v) is 2.29. The van der Waals surface area contributed by atoms with Gasteiger partial charge in [0, 0.05) is 13.2 Å². The molecule has 0 spiro atoms. The van der Waals surface area contributed by atoms with Crippen LogP contribution in [0.5, 0.6) is 0 Å². The third-order valence-electron chi connectivity index (χ3n) is 3.59. The molecule has 3 aromatic rings. The number of carbonyl (C=O) groups is 1. The van der Waals surface area contributed by atoms with E-state index < -0.39 is 0 Å². The Bertz CT molecular complexity index is 779. The Kier molecular flexibility index (Phi) is 3.39. The minimum atomic E-state index is -0.217. The Balaban J connectivity index is 1.87. The molecule has 0 aliphatic heterocycles. The zero-order valence-corrected chi connectivity index (χ0v) is 11.9. The van der Waals surface area contributed by atoms with E-state index in [2.05, 4.69) is 15.4 Å². The highest BCUT2D eigenvalue weighted by Gasteiger charge is 2.16. The number of aromatic nitrogens is 3. The van der Waals surface area contributed by atoms with Gasteiger partial charge in [-0.1, -0.05) is 30.3 Å². The molecule has 1 atom stereocenters. The van der Waals surface area contributed by atoms with Gasteiger partial charge in [0.2, 0.25) is 5.91 Å². The lowest BCUT2D eigenvalue weighted by Crippen LogP contribution is -2.19. The zero-order chi connectivity index (χ0) is 14.8. The number of fused-ring (bicyclic) bond motifs is 1. The van der Waals surface area contributed by atoms with Crippen molar-refractivity contribution in [2.24, 2.45) is 7.05 Å². The van der Waals surface area contributed by atoms with Gasteiger partial charge in [-0.3, -0.25) is 9.48 Å². The van der Waals surface area contributed by atoms with Crippen molar-refractivity contribution >= 4 is 22.6 Å². The van der Waals surface area contributed by atoms with E-state index in [4.69, 9.17) is 0 Å². The molecule has 2 aromatic heterocycles. The Morgan fingerprint density at radius 2 is 2.00 bits per heavy atom. The predicted octanol–water partition coefficient (Wildman–Crippen LogP) is 2.71. The second-order valence-electron chi connectivity index (χ2n) is 4.99. The highest BCUT2D eigenvalue weighted by Crippen LogP contribution is 2.23. The van der Waals surface area contributed by atoms with Crippen LogP contribution in [-0.2, 0) is 11.8 Å². The summed E-state index contributed by atoms with van der Waals surface area (Å²) in [6.07, 6.45) is 3.39. The number of aryl methyl sites for hydroxylation is 1. The van der Waals surface area contributed by atoms with Crippen LogP contribution in [0.15, 0.2) is 48.8 Å². The van der Waals surface area contributed by atoms with Gasteiger partial charge in [0.25, 0.3) is 0 Å². The van der Waals surface area contributed by atoms with E-state index in [0.29, 0.717) is 0 Å². The number of rotatable bonds is 3. The average Bonchev–Trinajstić information content (AvgIpc) is 2.90. The molecular formula is C16H16N4O. The monoisotopic (exact) mass is 280 g/mol. The Morgan fingerprint density at radius 1 is 1.24 bits per heavy atom. The van der Waals surface area contributed by atoms with Crippen LogP contribution in [0, 0.1) is 0 Å². The van der Waals surface area contributed by atoms with E-state index in [1.165, 1.54) is 0 Å². The maximum atomic E-state index is 12.4. The fourth-order valence-electron chi connectivity index (χ4n) is 2.29. The quantitative estimate of drug-likeness (QED) is 0.802. The minimum absolute atomic E-state index is 0.0439. The number of nitrogens with zero attached hydrogens (tertiary/aromatic N) is 3. The minimum Gasteiger partial charge on any atom is -0.325 e. The molecule has 1 amide bonds. The summed E-state index contributed by atoms with van der Waals surface area (Å²) in [6.45, 7) is 1.90. The van der Waals surface area contributed by atoms with Gasteiger partial charge in [-0.25, -0.2) is 4.98 Å². The molecule has 106 valence electrons. The van der Waals surface area contributed by atoms with Gasteiger partial charge in [0.05, 0.1) is 23.2 Å². The number of nitrogens with one attached hydrogen (secondary N) is 1. The number of carbonyl (C=O) groups excluding carboxylic acids is 1. The van der Waals surface area contributed by atoms with E-state index in [1.54, 1.807) is 23.1 Å². The smallest absolute Gasteiger partial charge is 0.231 e. The SMILES string of the molecule is C[C@@H](C(=O)Nc1ccnc2c1cnn2C)c1ccccc1. The molecule has 0 aliphatic carbocycles. The molecule has 5 nitrogen and oxygen atoms in total. The topological polar surface area (TPSA) is 59.8 Å². The van der Waals surface area contributed by atoms with Gasteiger partial charge in [0.15, 0.2) is 5.65 Å². The van der Waals surface area contributed by atoms with E-state index in [-0.39, 0.29) is 11.8 Å². The average molecular weight is 280 g/mol. The molecule has 0 aliphatic rings. The van der Waals surface area contributed by atoms with Gasteiger partial charge in [-0.15, -0.1) is 0 Å². The standard InChI is InChI=1S/C16H16N4O/c1-11(12-6-4-3-5-7-12)16(21)19-14-8-9-17-15-13(14)10-18-20(15)2/h3-11H,1-2H3,(H,17,19,21)/t11-/m1/s1. The number of hydrogen-bond acceptors (Lipinski definition) is 3. The maximum absolute atomic E-state index is 12.4. The molecule has 0 fully saturated rings. The summed E-state index contributed by atoms with van der Waals surface area (Å²) in [5, 5.41) is 7.98. The number of benzene rings is 1. The lowest BCUT2D eigenvalue weighted by molar-refractivity contribution is -0.117. The third-order valence-corrected chi connectivity index (χ3v) is 3.59. The zero-order valence-electron chi connectivity index (χ0n) is 11.9. The lowest BCUT2D eigenvalue weighted by atomic mass is 10.0. The number of pyridine rings is 1. The van der Waals surface area contributed by atoms with Crippen molar-refractivity contribution in [3.63, 3.8) is 0 Å². The normalized spacial score (nSPS) is 12.3. The van der Waals surface area contributed by atoms with E-state index >= 15 is 0 Å². The van der Waals surface area contributed by atoms with Crippen molar-refractivity contribution in [3.05, 3.63) is 54.4 Å². The third kappa shape index (κ3) is 2.50. The van der Waals surface area contributed by atoms with Crippen LogP contribution in [0.2, 0.25) is 0 Å². The van der Waals surface area contributed by atoms with Crippen molar-refractivity contribution < 1.29 is 4.79 Å². The van der Waals surface area contributed by atoms with Crippen molar-refractivity contribution in [1.82, 2.24) is 14.8 Å². The Hall–Kier alpha value is -2.69. The van der Waals surface area contributed by atoms with Crippen LogP contribution >= 0.6 is 0 Å². The molecule has 0 saturated carbocycles. The number of anilines is 1. The van der Waals surface area contributed by atoms with E-state index in [1.807, 2.05) is 44.3 Å². The lowest BCUT2D eigenvalue weighted by Gasteiger charge is -2.13. The molecule has 21 heavy (non-hydrogen) atoms. The second kappa shape index (κ2) is 5.36. The summed E-state index contributed by atoms with van der Waals surface area (Å²) >= 11 is 0. The van der Waals surface area contributed by atoms with Gasteiger partial charge in [-0.2, -0.15) is 5.10 Å². The van der Waals surface area contributed by atoms with Crippen molar-refractivity contribution in [1.29, 1.82) is 0 Å². The van der Waals surface area contributed by atoms with Crippen LogP contribution in [-0.4, -0.2) is 20.7 Å². The largest absolute Gasteiger partial charge is 0.325 e. The molecular weight excluding hydrogens is 264 g/mol. The first kappa shape index (κ1) is 13.3. The summed E-state index contributed by atoms with van der Waals surface area (Å²) in [4.78, 5) is 16.7.